The highest BCUT2D eigenvalue weighted by molar-refractivity contribution is 6.64. The molecule has 4 aromatic rings. The second kappa shape index (κ2) is 6.95. The lowest BCUT2D eigenvalue weighted by Gasteiger charge is -2.61. The van der Waals surface area contributed by atoms with Gasteiger partial charge in [0.2, 0.25) is 0 Å². The van der Waals surface area contributed by atoms with Crippen molar-refractivity contribution in [3.63, 3.8) is 0 Å². The van der Waals surface area contributed by atoms with E-state index in [0.29, 0.717) is 11.8 Å². The van der Waals surface area contributed by atoms with Crippen LogP contribution in [0, 0.1) is 23.7 Å². The van der Waals surface area contributed by atoms with Crippen LogP contribution in [0.1, 0.15) is 70.9 Å². The number of rotatable bonds is 1. The molecule has 4 heteroatoms. The third-order valence-electron chi connectivity index (χ3n) is 11.7. The third kappa shape index (κ3) is 2.51. The topological polar surface area (TPSA) is 31.6 Å². The molecule has 0 N–H and O–H groups in total. The van der Waals surface area contributed by atoms with Crippen LogP contribution in [0.25, 0.3) is 33.1 Å². The molecule has 3 nitrogen and oxygen atoms in total. The molecule has 5 fully saturated rings. The number of furan rings is 1. The Bertz CT molecular complexity index is 1620. The van der Waals surface area contributed by atoms with Gasteiger partial charge in [-0.25, -0.2) is 0 Å². The van der Waals surface area contributed by atoms with Gasteiger partial charge in [-0.1, -0.05) is 42.5 Å². The summed E-state index contributed by atoms with van der Waals surface area (Å²) in [5.41, 5.74) is 8.27. The highest BCUT2D eigenvalue weighted by Gasteiger charge is 2.63. The summed E-state index contributed by atoms with van der Waals surface area (Å²) < 4.78 is 20.2. The monoisotopic (exact) mass is 502 g/mol. The van der Waals surface area contributed by atoms with Crippen molar-refractivity contribution in [2.45, 2.75) is 76.4 Å². The number of hydrogen-bond donors (Lipinski definition) is 0. The van der Waals surface area contributed by atoms with Crippen molar-refractivity contribution in [2.75, 3.05) is 0 Å². The largest absolute Gasteiger partial charge is 0.495 e. The first-order chi connectivity index (χ1) is 18.3. The summed E-state index contributed by atoms with van der Waals surface area (Å²) in [5.74, 6) is 3.14. The Kier molecular flexibility index (Phi) is 4.08. The van der Waals surface area contributed by atoms with Crippen LogP contribution in [0.5, 0.6) is 0 Å². The normalized spacial score (nSPS) is 33.5. The maximum atomic E-state index is 6.83. The molecular weight excluding hydrogens is 467 g/mol. The van der Waals surface area contributed by atoms with Gasteiger partial charge in [0.05, 0.1) is 11.2 Å². The molecule has 1 aromatic heterocycles. The molecule has 1 aliphatic heterocycles. The van der Waals surface area contributed by atoms with Crippen molar-refractivity contribution in [1.29, 1.82) is 0 Å². The Hall–Kier alpha value is -2.56. The van der Waals surface area contributed by atoms with Crippen LogP contribution in [-0.2, 0) is 14.7 Å². The minimum absolute atomic E-state index is 0.0190. The van der Waals surface area contributed by atoms with Gasteiger partial charge >= 0.3 is 7.12 Å². The zero-order valence-electron chi connectivity index (χ0n) is 22.8. The summed E-state index contributed by atoms with van der Waals surface area (Å²) in [7, 11) is -0.374. The lowest BCUT2D eigenvalue weighted by Crippen LogP contribution is -2.55. The van der Waals surface area contributed by atoms with Crippen LogP contribution >= 0.6 is 0 Å². The summed E-state index contributed by atoms with van der Waals surface area (Å²) in [6.45, 7) is 8.62. The average molecular weight is 502 g/mol. The molecule has 6 aliphatic rings. The van der Waals surface area contributed by atoms with Gasteiger partial charge in [0, 0.05) is 21.8 Å². The van der Waals surface area contributed by atoms with E-state index in [4.69, 9.17) is 13.7 Å². The van der Waals surface area contributed by atoms with Crippen molar-refractivity contribution in [3.8, 4) is 11.1 Å². The highest BCUT2D eigenvalue weighted by atomic mass is 16.7. The fraction of sp³-hybridized carbons (Fsp3) is 0.471. The molecule has 5 aliphatic carbocycles. The molecule has 4 bridgehead atoms. The lowest BCUT2D eigenvalue weighted by atomic mass is 9.43. The smallest absolute Gasteiger partial charge is 0.456 e. The second-order valence-electron chi connectivity index (χ2n) is 14.0. The van der Waals surface area contributed by atoms with Crippen LogP contribution < -0.4 is 5.46 Å². The fourth-order valence-corrected chi connectivity index (χ4v) is 9.70. The van der Waals surface area contributed by atoms with E-state index in [9.17, 15) is 0 Å². The van der Waals surface area contributed by atoms with Crippen molar-refractivity contribution in [1.82, 2.24) is 0 Å². The maximum Gasteiger partial charge on any atom is 0.495 e. The van der Waals surface area contributed by atoms with Gasteiger partial charge in [-0.15, -0.1) is 0 Å². The van der Waals surface area contributed by atoms with E-state index in [1.54, 1.807) is 0 Å². The Morgan fingerprint density at radius 1 is 0.711 bits per heavy atom. The molecule has 1 saturated heterocycles. The second-order valence-corrected chi connectivity index (χ2v) is 14.0. The molecule has 0 radical (unpaired) electrons. The summed E-state index contributed by atoms with van der Waals surface area (Å²) in [6, 6.07) is 20.2. The molecule has 3 aromatic carbocycles. The molecular formula is C34H35BO3. The maximum absolute atomic E-state index is 6.83. The van der Waals surface area contributed by atoms with E-state index in [-0.39, 0.29) is 23.7 Å². The van der Waals surface area contributed by atoms with E-state index in [1.165, 1.54) is 70.6 Å². The highest BCUT2D eigenvalue weighted by Crippen LogP contribution is 2.70. The van der Waals surface area contributed by atoms with Crippen LogP contribution in [-0.4, -0.2) is 18.3 Å². The SMILES string of the molecule is CC1(C)OB(c2cccc3c2-c2ccc4c(oc5ccccc54)c2C32C3CC4CC(C3)CC2C4)OC1(C)C. The molecule has 0 atom stereocenters. The number of para-hydroxylation sites is 1. The van der Waals surface area contributed by atoms with Gasteiger partial charge in [-0.3, -0.25) is 0 Å². The van der Waals surface area contributed by atoms with E-state index < -0.39 is 0 Å². The van der Waals surface area contributed by atoms with Crippen LogP contribution in [0.3, 0.4) is 0 Å². The average Bonchev–Trinajstić information content (AvgIpc) is 3.47. The van der Waals surface area contributed by atoms with E-state index in [1.807, 2.05) is 0 Å². The zero-order valence-corrected chi connectivity index (χ0v) is 22.8. The summed E-state index contributed by atoms with van der Waals surface area (Å²) in [6.07, 6.45) is 6.85. The van der Waals surface area contributed by atoms with E-state index in [2.05, 4.69) is 82.3 Å². The number of fused-ring (bicyclic) bond motifs is 7. The first-order valence-corrected chi connectivity index (χ1v) is 14.7. The first-order valence-electron chi connectivity index (χ1n) is 14.7. The predicted molar refractivity (Wildman–Crippen MR) is 153 cm³/mol. The van der Waals surface area contributed by atoms with Crippen LogP contribution in [0.15, 0.2) is 59.0 Å². The van der Waals surface area contributed by atoms with Crippen LogP contribution in [0.2, 0.25) is 0 Å². The summed E-state index contributed by atoms with van der Waals surface area (Å²) in [5, 5.41) is 2.49. The molecule has 4 saturated carbocycles. The molecule has 0 unspecified atom stereocenters. The standard InChI is InChI=1S/C34H35BO3/c1-32(2)33(3,4)38-35(37-32)27-10-7-9-26-29(27)25-13-12-24-23-8-5-6-11-28(23)36-31(24)30(25)34(26)21-15-19-14-20(17-21)18-22(34)16-19/h5-13,19-22H,14-18H2,1-4H3. The molecule has 0 amide bonds. The van der Waals surface area contributed by atoms with Crippen molar-refractivity contribution < 1.29 is 13.7 Å². The van der Waals surface area contributed by atoms with Crippen molar-refractivity contribution in [3.05, 3.63) is 65.7 Å². The number of hydrogen-bond acceptors (Lipinski definition) is 3. The molecule has 38 heavy (non-hydrogen) atoms. The van der Waals surface area contributed by atoms with Gasteiger partial charge in [0.1, 0.15) is 11.2 Å². The van der Waals surface area contributed by atoms with Gasteiger partial charge in [0.15, 0.2) is 0 Å². The molecule has 1 spiro atoms. The van der Waals surface area contributed by atoms with E-state index >= 15 is 0 Å². The Labute approximate surface area is 225 Å². The van der Waals surface area contributed by atoms with Gasteiger partial charge in [0.25, 0.3) is 0 Å². The van der Waals surface area contributed by atoms with Gasteiger partial charge in [-0.2, -0.15) is 0 Å². The minimum atomic E-state index is -0.374. The lowest BCUT2D eigenvalue weighted by molar-refractivity contribution is -0.0396. The Morgan fingerprint density at radius 3 is 2.11 bits per heavy atom. The molecule has 192 valence electrons. The van der Waals surface area contributed by atoms with Crippen molar-refractivity contribution in [2.24, 2.45) is 23.7 Å². The Balaban J connectivity index is 1.36. The Morgan fingerprint density at radius 2 is 1.39 bits per heavy atom. The van der Waals surface area contributed by atoms with E-state index in [0.717, 1.165) is 23.0 Å². The number of benzene rings is 3. The predicted octanol–water partition coefficient (Wildman–Crippen LogP) is 7.61. The third-order valence-corrected chi connectivity index (χ3v) is 11.7. The van der Waals surface area contributed by atoms with Gasteiger partial charge < -0.3 is 13.7 Å². The molecule has 10 rings (SSSR count). The van der Waals surface area contributed by atoms with Gasteiger partial charge in [-0.05, 0) is 118 Å². The summed E-state index contributed by atoms with van der Waals surface area (Å²) >= 11 is 0. The molecule has 2 heterocycles. The minimum Gasteiger partial charge on any atom is -0.456 e. The van der Waals surface area contributed by atoms with Crippen LogP contribution in [0.4, 0.5) is 0 Å². The van der Waals surface area contributed by atoms with Crippen molar-refractivity contribution >= 4 is 34.5 Å². The summed E-state index contributed by atoms with van der Waals surface area (Å²) in [4.78, 5) is 0. The first kappa shape index (κ1) is 22.3. The zero-order chi connectivity index (χ0) is 25.6. The fourth-order valence-electron chi connectivity index (χ4n) is 9.70. The quantitative estimate of drug-likeness (QED) is 0.251.